The second-order valence-corrected chi connectivity index (χ2v) is 6.23. The summed E-state index contributed by atoms with van der Waals surface area (Å²) < 4.78 is 26.8. The van der Waals surface area contributed by atoms with Crippen molar-refractivity contribution >= 4 is 22.9 Å². The zero-order valence-electron chi connectivity index (χ0n) is 12.8. The summed E-state index contributed by atoms with van der Waals surface area (Å²) in [7, 11) is 0. The first kappa shape index (κ1) is 16.3. The second kappa shape index (κ2) is 6.88. The smallest absolute Gasteiger partial charge is 0.231 e. The molecule has 24 heavy (non-hydrogen) atoms. The molecule has 3 rings (SSSR count). The summed E-state index contributed by atoms with van der Waals surface area (Å²) in [6, 6.07) is 10.8. The highest BCUT2D eigenvalue weighted by Gasteiger charge is 2.13. The summed E-state index contributed by atoms with van der Waals surface area (Å²) in [5, 5.41) is 5.06. The molecule has 0 aliphatic carbocycles. The van der Waals surface area contributed by atoms with Gasteiger partial charge in [-0.2, -0.15) is 0 Å². The summed E-state index contributed by atoms with van der Waals surface area (Å²) in [5.74, 6) is -1.50. The molecule has 0 spiro atoms. The predicted molar refractivity (Wildman–Crippen MR) is 91.0 cm³/mol. The predicted octanol–water partition coefficient (Wildman–Crippen LogP) is 4.58. The number of halogens is 2. The molecule has 1 aromatic heterocycles. The molecule has 0 saturated heterocycles. The lowest BCUT2D eigenvalue weighted by atomic mass is 10.1. The van der Waals surface area contributed by atoms with Crippen LogP contribution in [-0.4, -0.2) is 10.9 Å². The average Bonchev–Trinajstić information content (AvgIpc) is 2.97. The zero-order valence-corrected chi connectivity index (χ0v) is 13.7. The van der Waals surface area contributed by atoms with Crippen molar-refractivity contribution in [2.24, 2.45) is 0 Å². The Morgan fingerprint density at radius 2 is 2.00 bits per heavy atom. The number of hydrogen-bond acceptors (Lipinski definition) is 3. The molecular formula is C18H14F2N2OS. The molecule has 122 valence electrons. The van der Waals surface area contributed by atoms with Gasteiger partial charge in [-0.05, 0) is 30.7 Å². The van der Waals surface area contributed by atoms with Crippen molar-refractivity contribution in [1.82, 2.24) is 4.98 Å². The summed E-state index contributed by atoms with van der Waals surface area (Å²) in [5.41, 5.74) is 2.34. The summed E-state index contributed by atoms with van der Waals surface area (Å²) in [6.07, 6.45) is 0.0990. The largest absolute Gasteiger partial charge is 0.325 e. The van der Waals surface area contributed by atoms with E-state index in [2.05, 4.69) is 10.3 Å². The van der Waals surface area contributed by atoms with Gasteiger partial charge in [-0.25, -0.2) is 13.8 Å². The fourth-order valence-electron chi connectivity index (χ4n) is 2.26. The van der Waals surface area contributed by atoms with Crippen LogP contribution in [0.2, 0.25) is 0 Å². The first-order valence-corrected chi connectivity index (χ1v) is 8.16. The van der Waals surface area contributed by atoms with Gasteiger partial charge in [-0.3, -0.25) is 4.79 Å². The van der Waals surface area contributed by atoms with Crippen molar-refractivity contribution in [2.75, 3.05) is 5.32 Å². The molecule has 1 heterocycles. The Kier molecular flexibility index (Phi) is 4.66. The minimum Gasteiger partial charge on any atom is -0.325 e. The molecule has 0 atom stereocenters. The molecule has 0 unspecified atom stereocenters. The molecule has 0 saturated carbocycles. The van der Waals surface area contributed by atoms with Gasteiger partial charge in [-0.1, -0.05) is 18.2 Å². The van der Waals surface area contributed by atoms with Gasteiger partial charge in [0.2, 0.25) is 5.91 Å². The van der Waals surface area contributed by atoms with Gasteiger partial charge >= 0.3 is 0 Å². The van der Waals surface area contributed by atoms with Crippen LogP contribution < -0.4 is 5.32 Å². The van der Waals surface area contributed by atoms with Crippen LogP contribution in [0.4, 0.5) is 14.5 Å². The molecule has 0 aliphatic heterocycles. The third-order valence-corrected chi connectivity index (χ3v) is 4.34. The molecule has 1 amide bonds. The Morgan fingerprint density at radius 1 is 1.21 bits per heavy atom. The Morgan fingerprint density at radius 3 is 2.75 bits per heavy atom. The third-order valence-electron chi connectivity index (χ3n) is 3.49. The minimum absolute atomic E-state index is 0.0990. The van der Waals surface area contributed by atoms with Gasteiger partial charge in [0.05, 0.1) is 12.1 Å². The van der Waals surface area contributed by atoms with Crippen molar-refractivity contribution in [3.05, 3.63) is 70.1 Å². The number of thiazole rings is 1. The SMILES string of the molecule is Cc1ccccc1NC(=O)Cc1nc(-c2ccc(F)cc2F)cs1. The second-order valence-electron chi connectivity index (χ2n) is 5.29. The van der Waals surface area contributed by atoms with Gasteiger partial charge < -0.3 is 5.32 Å². The van der Waals surface area contributed by atoms with E-state index in [9.17, 15) is 13.6 Å². The molecule has 0 aliphatic rings. The molecule has 3 aromatic rings. The van der Waals surface area contributed by atoms with Gasteiger partial charge in [0.25, 0.3) is 0 Å². The molecule has 0 radical (unpaired) electrons. The Balaban J connectivity index is 1.72. The molecule has 3 nitrogen and oxygen atoms in total. The van der Waals surface area contributed by atoms with Crippen LogP contribution in [0, 0.1) is 18.6 Å². The third kappa shape index (κ3) is 3.65. The van der Waals surface area contributed by atoms with E-state index in [-0.39, 0.29) is 17.9 Å². The zero-order chi connectivity index (χ0) is 17.1. The standard InChI is InChI=1S/C18H14F2N2OS/c1-11-4-2-3-5-15(11)21-17(23)9-18-22-16(10-24-18)13-7-6-12(19)8-14(13)20/h2-8,10H,9H2,1H3,(H,21,23). The van der Waals surface area contributed by atoms with Crippen LogP contribution in [0.25, 0.3) is 11.3 Å². The number of carbonyl (C=O) groups excluding carboxylic acids is 1. The number of rotatable bonds is 4. The first-order chi connectivity index (χ1) is 11.5. The van der Waals surface area contributed by atoms with Crippen molar-refractivity contribution in [3.8, 4) is 11.3 Å². The lowest BCUT2D eigenvalue weighted by Gasteiger charge is -2.06. The van der Waals surface area contributed by atoms with E-state index in [4.69, 9.17) is 0 Å². The quantitative estimate of drug-likeness (QED) is 0.753. The highest BCUT2D eigenvalue weighted by Crippen LogP contribution is 2.25. The van der Waals surface area contributed by atoms with Crippen molar-refractivity contribution in [2.45, 2.75) is 13.3 Å². The topological polar surface area (TPSA) is 42.0 Å². The van der Waals surface area contributed by atoms with E-state index in [0.29, 0.717) is 10.7 Å². The van der Waals surface area contributed by atoms with E-state index in [1.807, 2.05) is 31.2 Å². The number of benzene rings is 2. The van der Waals surface area contributed by atoms with Gasteiger partial charge in [0.15, 0.2) is 0 Å². The maximum atomic E-state index is 13.8. The maximum absolute atomic E-state index is 13.8. The van der Waals surface area contributed by atoms with E-state index >= 15 is 0 Å². The molecule has 0 bridgehead atoms. The maximum Gasteiger partial charge on any atom is 0.231 e. The Labute approximate surface area is 142 Å². The summed E-state index contributed by atoms with van der Waals surface area (Å²) >= 11 is 1.27. The first-order valence-electron chi connectivity index (χ1n) is 7.28. The Hall–Kier alpha value is -2.60. The molecule has 0 fully saturated rings. The molecular weight excluding hydrogens is 330 g/mol. The fourth-order valence-corrected chi connectivity index (χ4v) is 3.05. The molecule has 2 aromatic carbocycles. The van der Waals surface area contributed by atoms with Crippen molar-refractivity contribution < 1.29 is 13.6 Å². The van der Waals surface area contributed by atoms with Crippen molar-refractivity contribution in [3.63, 3.8) is 0 Å². The Bertz CT molecular complexity index is 892. The number of nitrogens with one attached hydrogen (secondary N) is 1. The van der Waals surface area contributed by atoms with Gasteiger partial charge in [-0.15, -0.1) is 11.3 Å². The number of hydrogen-bond donors (Lipinski definition) is 1. The average molecular weight is 344 g/mol. The van der Waals surface area contributed by atoms with Crippen LogP contribution in [0.15, 0.2) is 47.8 Å². The van der Waals surface area contributed by atoms with E-state index in [1.165, 1.54) is 23.5 Å². The summed E-state index contributed by atoms with van der Waals surface area (Å²) in [4.78, 5) is 16.4. The van der Waals surface area contributed by atoms with Crippen molar-refractivity contribution in [1.29, 1.82) is 0 Å². The van der Waals surface area contributed by atoms with Crippen LogP contribution in [0.5, 0.6) is 0 Å². The van der Waals surface area contributed by atoms with E-state index < -0.39 is 11.6 Å². The minimum atomic E-state index is -0.670. The lowest BCUT2D eigenvalue weighted by molar-refractivity contribution is -0.115. The number of aryl methyl sites for hydroxylation is 1. The number of aromatic nitrogens is 1. The normalized spacial score (nSPS) is 10.6. The van der Waals surface area contributed by atoms with Crippen LogP contribution in [0.1, 0.15) is 10.6 Å². The van der Waals surface area contributed by atoms with Gasteiger partial charge in [0.1, 0.15) is 16.6 Å². The fraction of sp³-hybridized carbons (Fsp3) is 0.111. The number of anilines is 1. The monoisotopic (exact) mass is 344 g/mol. The molecule has 1 N–H and O–H groups in total. The highest BCUT2D eigenvalue weighted by molar-refractivity contribution is 7.10. The molecule has 6 heteroatoms. The van der Waals surface area contributed by atoms with Crippen LogP contribution >= 0.6 is 11.3 Å². The number of carbonyl (C=O) groups is 1. The van der Waals surface area contributed by atoms with Gasteiger partial charge in [0, 0.05) is 22.7 Å². The lowest BCUT2D eigenvalue weighted by Crippen LogP contribution is -2.14. The highest BCUT2D eigenvalue weighted by atomic mass is 32.1. The van der Waals surface area contributed by atoms with Crippen LogP contribution in [-0.2, 0) is 11.2 Å². The number of para-hydroxylation sites is 1. The van der Waals surface area contributed by atoms with E-state index in [0.717, 1.165) is 17.3 Å². The number of nitrogens with zero attached hydrogens (tertiary/aromatic N) is 1. The summed E-state index contributed by atoms with van der Waals surface area (Å²) in [6.45, 7) is 1.91. The van der Waals surface area contributed by atoms with E-state index in [1.54, 1.807) is 5.38 Å². The number of amides is 1. The van der Waals surface area contributed by atoms with Crippen LogP contribution in [0.3, 0.4) is 0 Å².